The molecule has 4 aliphatic rings. The molecule has 1 aromatic carbocycles. The number of morpholine rings is 1. The molecule has 3 aliphatic carbocycles. The zero-order valence-electron chi connectivity index (χ0n) is 22.6. The summed E-state index contributed by atoms with van der Waals surface area (Å²) in [4.78, 5) is 46.6. The van der Waals surface area contributed by atoms with Gasteiger partial charge in [-0.3, -0.25) is 19.3 Å². The van der Waals surface area contributed by atoms with Crippen LogP contribution < -0.4 is 5.73 Å². The van der Waals surface area contributed by atoms with Crippen LogP contribution in [0.2, 0.25) is 0 Å². The maximum Gasteiger partial charge on any atom is 0.255 e. The van der Waals surface area contributed by atoms with Crippen LogP contribution >= 0.6 is 11.3 Å². The molecular formula is C29H31N3O8S. The molecular weight excluding hydrogens is 550 g/mol. The van der Waals surface area contributed by atoms with Crippen molar-refractivity contribution in [3.05, 3.63) is 51.2 Å². The molecule has 1 saturated carbocycles. The minimum absolute atomic E-state index is 0.0369. The number of fused-ring (bicyclic) bond motifs is 3. The third-order valence-electron chi connectivity index (χ3n) is 8.83. The SMILES string of the molecule is CC(C)c1csc(-c2ccc(O)c3c2CC2CC4C(N5CCOCC5)C(=O)C(C(N)=O)=C(O)C4(O)C(=O)C2=C3O)n1. The fourth-order valence-corrected chi connectivity index (χ4v) is 7.83. The molecule has 6 rings (SSSR count). The number of aromatic hydroxyl groups is 1. The molecule has 41 heavy (non-hydrogen) atoms. The van der Waals surface area contributed by atoms with Gasteiger partial charge in [0.1, 0.15) is 27.8 Å². The van der Waals surface area contributed by atoms with E-state index >= 15 is 0 Å². The van der Waals surface area contributed by atoms with E-state index in [-0.39, 0.29) is 35.6 Å². The number of benzene rings is 1. The first kappa shape index (κ1) is 27.6. The van der Waals surface area contributed by atoms with Crippen molar-refractivity contribution in [2.45, 2.75) is 44.2 Å². The number of phenols is 1. The highest BCUT2D eigenvalue weighted by Crippen LogP contribution is 2.54. The van der Waals surface area contributed by atoms with Gasteiger partial charge in [0.15, 0.2) is 11.4 Å². The first-order chi connectivity index (χ1) is 19.5. The van der Waals surface area contributed by atoms with E-state index in [9.17, 15) is 34.8 Å². The molecule has 0 radical (unpaired) electrons. The van der Waals surface area contributed by atoms with Crippen LogP contribution in [0.3, 0.4) is 0 Å². The number of hydrogen-bond donors (Lipinski definition) is 5. The van der Waals surface area contributed by atoms with Crippen molar-refractivity contribution in [1.82, 2.24) is 9.88 Å². The van der Waals surface area contributed by atoms with Crippen LogP contribution in [0.25, 0.3) is 16.3 Å². The van der Waals surface area contributed by atoms with E-state index in [1.165, 1.54) is 17.4 Å². The predicted molar refractivity (Wildman–Crippen MR) is 148 cm³/mol. The Bertz CT molecular complexity index is 1550. The molecule has 4 unspecified atom stereocenters. The number of carbonyl (C=O) groups excluding carboxylic acids is 3. The van der Waals surface area contributed by atoms with Crippen molar-refractivity contribution in [2.75, 3.05) is 26.3 Å². The molecule has 11 nitrogen and oxygen atoms in total. The molecule has 4 atom stereocenters. The number of amides is 1. The maximum absolute atomic E-state index is 14.1. The minimum Gasteiger partial charge on any atom is -0.508 e. The molecule has 2 fully saturated rings. The Morgan fingerprint density at radius 3 is 2.54 bits per heavy atom. The molecule has 6 N–H and O–H groups in total. The van der Waals surface area contributed by atoms with Gasteiger partial charge in [-0.25, -0.2) is 4.98 Å². The third-order valence-corrected chi connectivity index (χ3v) is 9.72. The van der Waals surface area contributed by atoms with Crippen molar-refractivity contribution < 1.29 is 39.5 Å². The summed E-state index contributed by atoms with van der Waals surface area (Å²) < 4.78 is 5.42. The van der Waals surface area contributed by atoms with Gasteiger partial charge in [-0.15, -0.1) is 11.3 Å². The second-order valence-electron chi connectivity index (χ2n) is 11.4. The molecule has 0 spiro atoms. The van der Waals surface area contributed by atoms with Crippen molar-refractivity contribution in [1.29, 1.82) is 0 Å². The van der Waals surface area contributed by atoms with E-state index in [1.54, 1.807) is 11.0 Å². The highest BCUT2D eigenvalue weighted by Gasteiger charge is 2.64. The summed E-state index contributed by atoms with van der Waals surface area (Å²) in [6.45, 7) is 5.30. The van der Waals surface area contributed by atoms with Gasteiger partial charge >= 0.3 is 0 Å². The molecule has 2 heterocycles. The number of aromatic nitrogens is 1. The van der Waals surface area contributed by atoms with Crippen molar-refractivity contribution in [2.24, 2.45) is 17.6 Å². The van der Waals surface area contributed by atoms with Crippen molar-refractivity contribution in [3.8, 4) is 16.3 Å². The van der Waals surface area contributed by atoms with Gasteiger partial charge in [0, 0.05) is 35.5 Å². The van der Waals surface area contributed by atoms with E-state index in [0.717, 1.165) is 5.69 Å². The first-order valence-corrected chi connectivity index (χ1v) is 14.5. The Labute approximate surface area is 239 Å². The number of nitrogens with two attached hydrogens (primary N) is 1. The van der Waals surface area contributed by atoms with Crippen molar-refractivity contribution >= 4 is 34.6 Å². The average molecular weight is 582 g/mol. The summed E-state index contributed by atoms with van der Waals surface area (Å²) in [5.41, 5.74) is 4.06. The summed E-state index contributed by atoms with van der Waals surface area (Å²) in [6, 6.07) is 2.03. The predicted octanol–water partition coefficient (Wildman–Crippen LogP) is 1.98. The molecule has 1 aromatic heterocycles. The van der Waals surface area contributed by atoms with Gasteiger partial charge in [-0.1, -0.05) is 13.8 Å². The third kappa shape index (κ3) is 3.96. The summed E-state index contributed by atoms with van der Waals surface area (Å²) >= 11 is 1.44. The van der Waals surface area contributed by atoms with Crippen LogP contribution in [0.5, 0.6) is 5.75 Å². The fraction of sp³-hybridized carbons (Fsp3) is 0.448. The largest absolute Gasteiger partial charge is 0.508 e. The fourth-order valence-electron chi connectivity index (χ4n) is 6.80. The highest BCUT2D eigenvalue weighted by atomic mass is 32.1. The number of hydrogen-bond acceptors (Lipinski definition) is 11. The Kier molecular flexibility index (Phi) is 6.57. The number of primary amides is 1. The Morgan fingerprint density at radius 1 is 1.20 bits per heavy atom. The molecule has 12 heteroatoms. The van der Waals surface area contributed by atoms with Gasteiger partial charge in [0.2, 0.25) is 5.78 Å². The Morgan fingerprint density at radius 2 is 1.90 bits per heavy atom. The van der Waals surface area contributed by atoms with E-state index in [2.05, 4.69) is 0 Å². The molecule has 216 valence electrons. The van der Waals surface area contributed by atoms with Crippen LogP contribution in [-0.2, 0) is 25.5 Å². The lowest BCUT2D eigenvalue weighted by atomic mass is 9.57. The smallest absolute Gasteiger partial charge is 0.255 e. The second kappa shape index (κ2) is 9.76. The standard InChI is InChI=1S/C29H31N3O8S/c1-12(2)17-11-41-28(31-17)14-3-4-18(33)20-15(14)9-13-10-16-22(32-5-7-40-8-6-32)24(35)21(27(30)38)26(37)29(16,39)25(36)19(13)23(20)34/h3-4,11-13,16,22,33-34,37,39H,5-10H2,1-2H3,(H2,30,38). The first-order valence-electron chi connectivity index (χ1n) is 13.6. The van der Waals surface area contributed by atoms with E-state index in [0.29, 0.717) is 42.4 Å². The Balaban J connectivity index is 1.52. The van der Waals surface area contributed by atoms with Crippen LogP contribution in [0, 0.1) is 11.8 Å². The number of phenolic OH excluding ortho intramolecular Hbond substituents is 1. The number of aliphatic hydroxyl groups excluding tert-OH is 2. The Hall–Kier alpha value is -3.58. The number of Topliss-reactive ketones (excluding diaryl/α,β-unsaturated/α-hetero) is 2. The normalized spacial score (nSPS) is 28.5. The van der Waals surface area contributed by atoms with E-state index in [1.807, 2.05) is 19.2 Å². The summed E-state index contributed by atoms with van der Waals surface area (Å²) in [5, 5.41) is 48.0. The van der Waals surface area contributed by atoms with Gasteiger partial charge in [-0.05, 0) is 42.4 Å². The zero-order chi connectivity index (χ0) is 29.4. The summed E-state index contributed by atoms with van der Waals surface area (Å²) in [5.74, 6) is -6.47. The highest BCUT2D eigenvalue weighted by molar-refractivity contribution is 7.13. The van der Waals surface area contributed by atoms with Gasteiger partial charge in [-0.2, -0.15) is 0 Å². The average Bonchev–Trinajstić information content (AvgIpc) is 3.42. The number of thiazole rings is 1. The monoisotopic (exact) mass is 581 g/mol. The lowest BCUT2D eigenvalue weighted by Gasteiger charge is -2.51. The van der Waals surface area contributed by atoms with Crippen LogP contribution in [0.15, 0.2) is 34.4 Å². The van der Waals surface area contributed by atoms with Crippen molar-refractivity contribution in [3.63, 3.8) is 0 Å². The molecule has 1 amide bonds. The summed E-state index contributed by atoms with van der Waals surface area (Å²) in [6.07, 6.45) is 0.250. The van der Waals surface area contributed by atoms with E-state index < -0.39 is 58.0 Å². The van der Waals surface area contributed by atoms with Crippen LogP contribution in [-0.4, -0.2) is 85.7 Å². The van der Waals surface area contributed by atoms with Crippen LogP contribution in [0.1, 0.15) is 43.0 Å². The van der Waals surface area contributed by atoms with Crippen LogP contribution in [0.4, 0.5) is 0 Å². The number of rotatable bonds is 4. The lowest BCUT2D eigenvalue weighted by Crippen LogP contribution is -2.67. The lowest BCUT2D eigenvalue weighted by molar-refractivity contribution is -0.157. The van der Waals surface area contributed by atoms with Gasteiger partial charge in [0.05, 0.1) is 30.5 Å². The zero-order valence-corrected chi connectivity index (χ0v) is 23.4. The molecule has 2 aromatic rings. The maximum atomic E-state index is 14.1. The van der Waals surface area contributed by atoms with E-state index in [4.69, 9.17) is 15.5 Å². The topological polar surface area (TPSA) is 184 Å². The van der Waals surface area contributed by atoms with Gasteiger partial charge < -0.3 is 30.9 Å². The quantitative estimate of drug-likeness (QED) is 0.335. The molecule has 0 bridgehead atoms. The number of aliphatic hydroxyl groups is 3. The number of carbonyl (C=O) groups is 3. The minimum atomic E-state index is -2.67. The van der Waals surface area contributed by atoms with Gasteiger partial charge in [0.25, 0.3) is 5.91 Å². The summed E-state index contributed by atoms with van der Waals surface area (Å²) in [7, 11) is 0. The molecule has 1 aliphatic heterocycles. The number of nitrogens with zero attached hydrogens (tertiary/aromatic N) is 2. The second-order valence-corrected chi connectivity index (χ2v) is 12.2. The number of ether oxygens (including phenoxy) is 1. The molecule has 1 saturated heterocycles. The number of ketones is 2.